The van der Waals surface area contributed by atoms with Gasteiger partial charge < -0.3 is 15.0 Å². The van der Waals surface area contributed by atoms with E-state index >= 15 is 0 Å². The minimum Gasteiger partial charge on any atom is -0.480 e. The first-order valence-electron chi connectivity index (χ1n) is 4.56. The number of carboxylic acid groups (broad SMARTS) is 1. The number of hydrogen-bond acceptors (Lipinski definition) is 3. The van der Waals surface area contributed by atoms with E-state index in [9.17, 15) is 9.59 Å². The number of aliphatic carboxylic acids is 1. The van der Waals surface area contributed by atoms with Gasteiger partial charge >= 0.3 is 5.97 Å². The van der Waals surface area contributed by atoms with Crippen LogP contribution >= 0.6 is 0 Å². The Morgan fingerprint density at radius 3 is 2.73 bits per heavy atom. The largest absolute Gasteiger partial charge is 0.480 e. The van der Waals surface area contributed by atoms with Crippen LogP contribution in [0.2, 0.25) is 0 Å². The van der Waals surface area contributed by atoms with E-state index in [4.69, 9.17) is 5.11 Å². The molecule has 6 heteroatoms. The molecule has 1 aromatic heterocycles. The van der Waals surface area contributed by atoms with Crippen LogP contribution in [0.25, 0.3) is 0 Å². The molecule has 0 aliphatic rings. The molecule has 15 heavy (non-hydrogen) atoms. The predicted octanol–water partition coefficient (Wildman–Crippen LogP) is 0.0131. The standard InChI is InChI=1S/C9H13N3O3/c1-3-6(9(14)15)11-8(13)7-4-10-5-12(7)2/h4-6H,3H2,1-2H3,(H,11,13)(H,14,15)/t6-/m1/s1. The Balaban J connectivity index is 2.71. The quantitative estimate of drug-likeness (QED) is 0.735. The summed E-state index contributed by atoms with van der Waals surface area (Å²) in [5.41, 5.74) is 0.342. The van der Waals surface area contributed by atoms with Crippen LogP contribution in [0.1, 0.15) is 23.8 Å². The number of hydrogen-bond donors (Lipinski definition) is 2. The average Bonchev–Trinajstić information content (AvgIpc) is 2.60. The number of amides is 1. The number of carbonyl (C=O) groups is 2. The minimum atomic E-state index is -1.03. The Labute approximate surface area is 86.9 Å². The molecule has 1 aromatic rings. The van der Waals surface area contributed by atoms with Gasteiger partial charge in [-0.3, -0.25) is 4.79 Å². The molecule has 0 aromatic carbocycles. The summed E-state index contributed by atoms with van der Waals surface area (Å²) in [5.74, 6) is -1.46. The van der Waals surface area contributed by atoms with Crippen LogP contribution in [0, 0.1) is 0 Å². The maximum absolute atomic E-state index is 11.6. The van der Waals surface area contributed by atoms with Gasteiger partial charge in [0.15, 0.2) is 0 Å². The molecule has 0 aliphatic carbocycles. The highest BCUT2D eigenvalue weighted by Crippen LogP contribution is 1.98. The van der Waals surface area contributed by atoms with Gasteiger partial charge in [0, 0.05) is 7.05 Å². The Morgan fingerprint density at radius 2 is 2.33 bits per heavy atom. The summed E-state index contributed by atoms with van der Waals surface area (Å²) < 4.78 is 1.53. The molecule has 1 amide bonds. The molecule has 6 nitrogen and oxygen atoms in total. The topological polar surface area (TPSA) is 84.2 Å². The zero-order valence-electron chi connectivity index (χ0n) is 8.60. The van der Waals surface area contributed by atoms with Gasteiger partial charge in [-0.1, -0.05) is 6.92 Å². The third-order valence-corrected chi connectivity index (χ3v) is 2.06. The van der Waals surface area contributed by atoms with Crippen molar-refractivity contribution in [2.75, 3.05) is 0 Å². The summed E-state index contributed by atoms with van der Waals surface area (Å²) in [6.07, 6.45) is 3.22. The van der Waals surface area contributed by atoms with Crippen molar-refractivity contribution in [3.05, 3.63) is 18.2 Å². The van der Waals surface area contributed by atoms with Crippen molar-refractivity contribution in [3.63, 3.8) is 0 Å². The third-order valence-electron chi connectivity index (χ3n) is 2.06. The number of carbonyl (C=O) groups excluding carboxylic acids is 1. The highest BCUT2D eigenvalue weighted by molar-refractivity contribution is 5.94. The molecule has 2 N–H and O–H groups in total. The molecule has 82 valence electrons. The second-order valence-corrected chi connectivity index (χ2v) is 3.16. The molecule has 1 rings (SSSR count). The number of imidazole rings is 1. The van der Waals surface area contributed by atoms with E-state index in [1.807, 2.05) is 0 Å². The third kappa shape index (κ3) is 2.55. The first-order valence-corrected chi connectivity index (χ1v) is 4.56. The minimum absolute atomic E-state index is 0.342. The second-order valence-electron chi connectivity index (χ2n) is 3.16. The number of aromatic nitrogens is 2. The van der Waals surface area contributed by atoms with Crippen molar-refractivity contribution in [2.45, 2.75) is 19.4 Å². The summed E-state index contributed by atoms with van der Waals surface area (Å²) in [7, 11) is 1.67. The Morgan fingerprint density at radius 1 is 1.67 bits per heavy atom. The molecule has 0 bridgehead atoms. The lowest BCUT2D eigenvalue weighted by atomic mass is 10.2. The van der Waals surface area contributed by atoms with E-state index in [0.29, 0.717) is 12.1 Å². The average molecular weight is 211 g/mol. The van der Waals surface area contributed by atoms with Crippen LogP contribution in [0.5, 0.6) is 0 Å². The van der Waals surface area contributed by atoms with Crippen molar-refractivity contribution < 1.29 is 14.7 Å². The number of nitrogens with one attached hydrogen (secondary N) is 1. The van der Waals surface area contributed by atoms with Crippen LogP contribution < -0.4 is 5.32 Å². The van der Waals surface area contributed by atoms with E-state index in [2.05, 4.69) is 10.3 Å². The monoisotopic (exact) mass is 211 g/mol. The zero-order valence-corrected chi connectivity index (χ0v) is 8.60. The lowest BCUT2D eigenvalue weighted by Crippen LogP contribution is -2.40. The molecule has 0 fully saturated rings. The van der Waals surface area contributed by atoms with Gasteiger partial charge in [-0.25, -0.2) is 9.78 Å². The zero-order chi connectivity index (χ0) is 11.4. The van der Waals surface area contributed by atoms with Gasteiger partial charge in [0.05, 0.1) is 12.5 Å². The van der Waals surface area contributed by atoms with Gasteiger partial charge in [0.25, 0.3) is 5.91 Å². The Kier molecular flexibility index (Phi) is 3.43. The van der Waals surface area contributed by atoms with Crippen LogP contribution in [-0.2, 0) is 11.8 Å². The second kappa shape index (κ2) is 4.59. The van der Waals surface area contributed by atoms with Crippen molar-refractivity contribution in [3.8, 4) is 0 Å². The molecular weight excluding hydrogens is 198 g/mol. The Bertz CT molecular complexity index is 372. The first kappa shape index (κ1) is 11.2. The maximum Gasteiger partial charge on any atom is 0.326 e. The number of aryl methyl sites for hydroxylation is 1. The summed E-state index contributed by atoms with van der Waals surface area (Å²) >= 11 is 0. The van der Waals surface area contributed by atoms with Crippen LogP contribution in [0.15, 0.2) is 12.5 Å². The fraction of sp³-hybridized carbons (Fsp3) is 0.444. The molecule has 0 saturated heterocycles. The van der Waals surface area contributed by atoms with Crippen LogP contribution in [-0.4, -0.2) is 32.6 Å². The highest BCUT2D eigenvalue weighted by atomic mass is 16.4. The summed E-state index contributed by atoms with van der Waals surface area (Å²) in [6, 6.07) is -0.854. The van der Waals surface area contributed by atoms with Gasteiger partial charge in [0.2, 0.25) is 0 Å². The molecule has 0 spiro atoms. The fourth-order valence-corrected chi connectivity index (χ4v) is 1.15. The van der Waals surface area contributed by atoms with E-state index in [0.717, 1.165) is 0 Å². The summed E-state index contributed by atoms with van der Waals surface area (Å²) in [5, 5.41) is 11.2. The fourth-order valence-electron chi connectivity index (χ4n) is 1.15. The maximum atomic E-state index is 11.6. The SMILES string of the molecule is CC[C@@H](NC(=O)c1cncn1C)C(=O)O. The van der Waals surface area contributed by atoms with Crippen molar-refractivity contribution in [1.82, 2.24) is 14.9 Å². The van der Waals surface area contributed by atoms with E-state index in [-0.39, 0.29) is 0 Å². The lowest BCUT2D eigenvalue weighted by molar-refractivity contribution is -0.139. The molecule has 1 atom stereocenters. The highest BCUT2D eigenvalue weighted by Gasteiger charge is 2.19. The van der Waals surface area contributed by atoms with Gasteiger partial charge in [-0.2, -0.15) is 0 Å². The summed E-state index contributed by atoms with van der Waals surface area (Å²) in [6.45, 7) is 1.70. The van der Waals surface area contributed by atoms with Gasteiger partial charge in [-0.15, -0.1) is 0 Å². The summed E-state index contributed by atoms with van der Waals surface area (Å²) in [4.78, 5) is 26.0. The first-order chi connectivity index (χ1) is 7.06. The molecule has 0 saturated carbocycles. The lowest BCUT2D eigenvalue weighted by Gasteiger charge is -2.11. The van der Waals surface area contributed by atoms with E-state index in [1.54, 1.807) is 14.0 Å². The van der Waals surface area contributed by atoms with Crippen molar-refractivity contribution in [1.29, 1.82) is 0 Å². The normalized spacial score (nSPS) is 12.1. The smallest absolute Gasteiger partial charge is 0.326 e. The molecule has 0 aliphatic heterocycles. The van der Waals surface area contributed by atoms with Crippen molar-refractivity contribution in [2.24, 2.45) is 7.05 Å². The van der Waals surface area contributed by atoms with Crippen LogP contribution in [0.3, 0.4) is 0 Å². The van der Waals surface area contributed by atoms with E-state index in [1.165, 1.54) is 17.1 Å². The number of nitrogens with zero attached hydrogens (tertiary/aromatic N) is 2. The number of rotatable bonds is 4. The van der Waals surface area contributed by atoms with Crippen LogP contribution in [0.4, 0.5) is 0 Å². The molecule has 1 heterocycles. The molecule has 0 radical (unpaired) electrons. The molecular formula is C9H13N3O3. The van der Waals surface area contributed by atoms with Crippen molar-refractivity contribution >= 4 is 11.9 Å². The van der Waals surface area contributed by atoms with E-state index < -0.39 is 17.9 Å². The van der Waals surface area contributed by atoms with Gasteiger partial charge in [-0.05, 0) is 6.42 Å². The van der Waals surface area contributed by atoms with Gasteiger partial charge in [0.1, 0.15) is 11.7 Å². The Hall–Kier alpha value is -1.85. The predicted molar refractivity (Wildman–Crippen MR) is 52.4 cm³/mol. The molecule has 0 unspecified atom stereocenters. The number of carboxylic acids is 1.